The maximum Gasteiger partial charge on any atom is 0.131 e. The molecule has 0 saturated heterocycles. The van der Waals surface area contributed by atoms with Crippen molar-refractivity contribution in [3.05, 3.63) is 51.1 Å². The van der Waals surface area contributed by atoms with Crippen LogP contribution in [0.25, 0.3) is 0 Å². The van der Waals surface area contributed by atoms with E-state index in [1.165, 1.54) is 0 Å². The molecule has 18 heavy (non-hydrogen) atoms. The fourth-order valence-electron chi connectivity index (χ4n) is 1.53. The summed E-state index contributed by atoms with van der Waals surface area (Å²) in [5.74, 6) is 0.607. The van der Waals surface area contributed by atoms with Gasteiger partial charge >= 0.3 is 0 Å². The highest BCUT2D eigenvalue weighted by Gasteiger charge is 2.04. The summed E-state index contributed by atoms with van der Waals surface area (Å²) in [6.45, 7) is 1.84. The van der Waals surface area contributed by atoms with Crippen molar-refractivity contribution in [2.45, 2.75) is 6.92 Å². The van der Waals surface area contributed by atoms with E-state index in [0.717, 1.165) is 15.9 Å². The zero-order valence-corrected chi connectivity index (χ0v) is 11.9. The van der Waals surface area contributed by atoms with E-state index in [2.05, 4.69) is 32.3 Å². The molecular formula is C13H9BrClN3. The molecule has 5 heteroatoms. The lowest BCUT2D eigenvalue weighted by Gasteiger charge is -2.09. The lowest BCUT2D eigenvalue weighted by Crippen LogP contribution is -1.96. The van der Waals surface area contributed by atoms with Crippen LogP contribution in [-0.2, 0) is 0 Å². The highest BCUT2D eigenvalue weighted by atomic mass is 79.9. The Morgan fingerprint density at radius 1 is 1.33 bits per heavy atom. The summed E-state index contributed by atoms with van der Waals surface area (Å²) in [7, 11) is 0. The third kappa shape index (κ3) is 3.00. The fourth-order valence-corrected chi connectivity index (χ4v) is 2.25. The van der Waals surface area contributed by atoms with Gasteiger partial charge < -0.3 is 5.32 Å². The molecule has 1 heterocycles. The predicted octanol–water partition coefficient (Wildman–Crippen LogP) is 4.42. The number of aromatic nitrogens is 1. The molecule has 1 aromatic carbocycles. The molecule has 1 N–H and O–H groups in total. The molecule has 2 rings (SSSR count). The van der Waals surface area contributed by atoms with Gasteiger partial charge in [0.15, 0.2) is 0 Å². The number of anilines is 2. The van der Waals surface area contributed by atoms with Crippen LogP contribution in [-0.4, -0.2) is 4.98 Å². The van der Waals surface area contributed by atoms with Crippen molar-refractivity contribution >= 4 is 39.0 Å². The van der Waals surface area contributed by atoms with Crippen molar-refractivity contribution in [2.75, 3.05) is 5.32 Å². The molecule has 0 spiro atoms. The molecule has 0 aliphatic carbocycles. The molecule has 0 atom stereocenters. The van der Waals surface area contributed by atoms with Gasteiger partial charge in [0.25, 0.3) is 0 Å². The molecule has 0 unspecified atom stereocenters. The standard InChI is InChI=1S/C13H9BrClN3/c1-8-4-9(7-16)5-13(17-8)18-12-3-2-10(14)6-11(12)15/h2-6H,1H3,(H,17,18). The third-order valence-corrected chi connectivity index (χ3v) is 3.08. The maximum absolute atomic E-state index is 8.91. The van der Waals surface area contributed by atoms with Gasteiger partial charge in [0, 0.05) is 10.2 Å². The number of hydrogen-bond donors (Lipinski definition) is 1. The molecule has 3 nitrogen and oxygen atoms in total. The normalized spacial score (nSPS) is 9.89. The van der Waals surface area contributed by atoms with Crippen LogP contribution in [0.4, 0.5) is 11.5 Å². The van der Waals surface area contributed by atoms with Crippen LogP contribution >= 0.6 is 27.5 Å². The van der Waals surface area contributed by atoms with Gasteiger partial charge in [0.2, 0.25) is 0 Å². The quantitative estimate of drug-likeness (QED) is 0.890. The van der Waals surface area contributed by atoms with E-state index in [0.29, 0.717) is 16.4 Å². The van der Waals surface area contributed by atoms with Crippen LogP contribution in [0.5, 0.6) is 0 Å². The number of nitrogens with one attached hydrogen (secondary N) is 1. The van der Waals surface area contributed by atoms with E-state index in [4.69, 9.17) is 16.9 Å². The van der Waals surface area contributed by atoms with Crippen LogP contribution in [0.15, 0.2) is 34.8 Å². The molecule has 0 aliphatic heterocycles. The van der Waals surface area contributed by atoms with Gasteiger partial charge in [-0.05, 0) is 37.3 Å². The van der Waals surface area contributed by atoms with Gasteiger partial charge in [0.05, 0.1) is 22.3 Å². The second kappa shape index (κ2) is 5.38. The number of nitriles is 1. The molecule has 0 aliphatic rings. The Labute approximate surface area is 119 Å². The average molecular weight is 323 g/mol. The van der Waals surface area contributed by atoms with Crippen LogP contribution in [0.3, 0.4) is 0 Å². The SMILES string of the molecule is Cc1cc(C#N)cc(Nc2ccc(Br)cc2Cl)n1. The first-order valence-electron chi connectivity index (χ1n) is 5.19. The van der Waals surface area contributed by atoms with E-state index >= 15 is 0 Å². The minimum Gasteiger partial charge on any atom is -0.339 e. The molecule has 90 valence electrons. The number of aryl methyl sites for hydroxylation is 1. The summed E-state index contributed by atoms with van der Waals surface area (Å²) in [4.78, 5) is 4.31. The van der Waals surface area contributed by atoms with Crippen molar-refractivity contribution in [3.8, 4) is 6.07 Å². The predicted molar refractivity (Wildman–Crippen MR) is 76.1 cm³/mol. The summed E-state index contributed by atoms with van der Waals surface area (Å²) in [5, 5.41) is 12.6. The van der Waals surface area contributed by atoms with Gasteiger partial charge in [-0.1, -0.05) is 27.5 Å². The summed E-state index contributed by atoms with van der Waals surface area (Å²) >= 11 is 9.45. The molecule has 0 bridgehead atoms. The highest BCUT2D eigenvalue weighted by Crippen LogP contribution is 2.28. The minimum atomic E-state index is 0.568. The lowest BCUT2D eigenvalue weighted by atomic mass is 10.2. The Balaban J connectivity index is 2.34. The van der Waals surface area contributed by atoms with E-state index < -0.39 is 0 Å². The van der Waals surface area contributed by atoms with Crippen LogP contribution in [0.2, 0.25) is 5.02 Å². The number of benzene rings is 1. The zero-order valence-electron chi connectivity index (χ0n) is 9.54. The topological polar surface area (TPSA) is 48.7 Å². The molecule has 2 aromatic rings. The van der Waals surface area contributed by atoms with Gasteiger partial charge in [-0.3, -0.25) is 0 Å². The number of pyridine rings is 1. The number of rotatable bonds is 2. The Morgan fingerprint density at radius 3 is 2.78 bits per heavy atom. The van der Waals surface area contributed by atoms with Gasteiger partial charge in [-0.15, -0.1) is 0 Å². The number of nitrogens with zero attached hydrogens (tertiary/aromatic N) is 2. The Morgan fingerprint density at radius 2 is 2.11 bits per heavy atom. The maximum atomic E-state index is 8.91. The first-order valence-corrected chi connectivity index (χ1v) is 6.36. The molecule has 0 radical (unpaired) electrons. The van der Waals surface area contributed by atoms with Crippen molar-refractivity contribution < 1.29 is 0 Å². The van der Waals surface area contributed by atoms with Crippen molar-refractivity contribution in [1.82, 2.24) is 4.98 Å². The van der Waals surface area contributed by atoms with E-state index in [1.54, 1.807) is 18.2 Å². The smallest absolute Gasteiger partial charge is 0.131 e. The minimum absolute atomic E-state index is 0.568. The number of hydrogen-bond acceptors (Lipinski definition) is 3. The Hall–Kier alpha value is -1.57. The average Bonchev–Trinajstić information content (AvgIpc) is 2.32. The molecular weight excluding hydrogens is 314 g/mol. The second-order valence-electron chi connectivity index (χ2n) is 3.74. The van der Waals surface area contributed by atoms with Crippen molar-refractivity contribution in [3.63, 3.8) is 0 Å². The van der Waals surface area contributed by atoms with Gasteiger partial charge in [-0.25, -0.2) is 4.98 Å². The Kier molecular flexibility index (Phi) is 3.85. The molecule has 0 saturated carbocycles. The fraction of sp³-hybridized carbons (Fsp3) is 0.0769. The zero-order chi connectivity index (χ0) is 13.1. The summed E-state index contributed by atoms with van der Waals surface area (Å²) in [6.07, 6.45) is 0. The Bertz CT molecular complexity index is 635. The first kappa shape index (κ1) is 12.9. The van der Waals surface area contributed by atoms with Crippen molar-refractivity contribution in [2.24, 2.45) is 0 Å². The number of halogens is 2. The lowest BCUT2D eigenvalue weighted by molar-refractivity contribution is 1.19. The molecule has 0 amide bonds. The van der Waals surface area contributed by atoms with Crippen LogP contribution in [0.1, 0.15) is 11.3 Å². The van der Waals surface area contributed by atoms with Gasteiger partial charge in [-0.2, -0.15) is 5.26 Å². The van der Waals surface area contributed by atoms with Crippen LogP contribution in [0, 0.1) is 18.3 Å². The monoisotopic (exact) mass is 321 g/mol. The summed E-state index contributed by atoms with van der Waals surface area (Å²) < 4.78 is 0.910. The first-order chi connectivity index (χ1) is 8.58. The molecule has 0 fully saturated rings. The van der Waals surface area contributed by atoms with Crippen LogP contribution < -0.4 is 5.32 Å². The summed E-state index contributed by atoms with van der Waals surface area (Å²) in [5.41, 5.74) is 2.10. The van der Waals surface area contributed by atoms with E-state index in [1.807, 2.05) is 19.1 Å². The molecule has 1 aromatic heterocycles. The second-order valence-corrected chi connectivity index (χ2v) is 5.07. The largest absolute Gasteiger partial charge is 0.339 e. The summed E-state index contributed by atoms with van der Waals surface area (Å²) in [6, 6.07) is 11.0. The highest BCUT2D eigenvalue weighted by molar-refractivity contribution is 9.10. The van der Waals surface area contributed by atoms with E-state index in [9.17, 15) is 0 Å². The van der Waals surface area contributed by atoms with E-state index in [-0.39, 0.29) is 0 Å². The third-order valence-electron chi connectivity index (χ3n) is 2.28. The van der Waals surface area contributed by atoms with Gasteiger partial charge in [0.1, 0.15) is 5.82 Å². The van der Waals surface area contributed by atoms with Crippen molar-refractivity contribution in [1.29, 1.82) is 5.26 Å².